The first kappa shape index (κ1) is 35.6. The number of ether oxygens (including phenoxy) is 2. The molecule has 0 spiro atoms. The maximum Gasteiger partial charge on any atom is 0.373 e. The number of carbonyl (C=O) groups excluding carboxylic acids is 2. The molecule has 0 atom stereocenters. The highest BCUT2D eigenvalue weighted by Crippen LogP contribution is 2.40. The lowest BCUT2D eigenvalue weighted by molar-refractivity contribution is -0.191. The number of rotatable bonds is 13. The predicted octanol–water partition coefficient (Wildman–Crippen LogP) is 7.92. The lowest BCUT2D eigenvalue weighted by Gasteiger charge is -2.18. The van der Waals surface area contributed by atoms with Gasteiger partial charge in [0.05, 0.1) is 20.6 Å². The standard InChI is InChI=1S/C36H39F2NO4.CO2/c1-6-7-10-30-32(37)17-24(19-34(30)42-4)26-11-8-13-28(22(26)2)29-14-9-12-27(23(29)3)25-18-33(38)31(35(20-25)43-5)21-39-16-15-36(40)41;2-1-3/h8-9,11-14,17-20,39H,6-7,10,15-16,21H2,1-5H3,(H,40,41);. The minimum atomic E-state index is -0.918. The Labute approximate surface area is 268 Å². The molecule has 9 heteroatoms. The van der Waals surface area contributed by atoms with Gasteiger partial charge in [-0.05, 0) is 95.5 Å². The molecule has 7 nitrogen and oxygen atoms in total. The second-order valence-electron chi connectivity index (χ2n) is 10.7. The van der Waals surface area contributed by atoms with Crippen LogP contribution in [0, 0.1) is 25.5 Å². The molecular formula is C37H39F2NO6. The summed E-state index contributed by atoms with van der Waals surface area (Å²) in [6.07, 6.45) is 2.68. The fraction of sp³-hybridized carbons (Fsp3) is 0.297. The van der Waals surface area contributed by atoms with Crippen molar-refractivity contribution in [2.45, 2.75) is 53.0 Å². The van der Waals surface area contributed by atoms with Crippen LogP contribution in [-0.4, -0.2) is 38.0 Å². The molecule has 4 aromatic carbocycles. The van der Waals surface area contributed by atoms with Crippen LogP contribution in [-0.2, 0) is 27.3 Å². The molecule has 0 aromatic heterocycles. The number of carboxylic acids is 1. The first-order valence-electron chi connectivity index (χ1n) is 15.0. The van der Waals surface area contributed by atoms with E-state index in [4.69, 9.17) is 24.2 Å². The summed E-state index contributed by atoms with van der Waals surface area (Å²) in [5, 5.41) is 11.8. The number of methoxy groups -OCH3 is 2. The molecule has 0 aliphatic carbocycles. The maximum atomic E-state index is 15.3. The number of unbranched alkanes of at least 4 members (excludes halogenated alkanes) is 1. The quantitative estimate of drug-likeness (QED) is 0.145. The third kappa shape index (κ3) is 8.44. The Morgan fingerprint density at radius 3 is 1.72 bits per heavy atom. The minimum absolute atomic E-state index is 0.0542. The van der Waals surface area contributed by atoms with Crippen LogP contribution in [0.3, 0.4) is 0 Å². The average Bonchev–Trinajstić information content (AvgIpc) is 3.03. The summed E-state index contributed by atoms with van der Waals surface area (Å²) in [5.74, 6) is -0.665. The molecule has 2 N–H and O–H groups in total. The molecule has 4 rings (SSSR count). The van der Waals surface area contributed by atoms with Gasteiger partial charge in [0.15, 0.2) is 0 Å². The average molecular weight is 632 g/mol. The molecule has 0 aliphatic rings. The van der Waals surface area contributed by atoms with Crippen LogP contribution in [0.1, 0.15) is 48.4 Å². The monoisotopic (exact) mass is 631 g/mol. The third-order valence-electron chi connectivity index (χ3n) is 7.93. The zero-order chi connectivity index (χ0) is 33.8. The van der Waals surface area contributed by atoms with E-state index in [1.54, 1.807) is 13.2 Å². The predicted molar refractivity (Wildman–Crippen MR) is 173 cm³/mol. The number of benzene rings is 4. The fourth-order valence-electron chi connectivity index (χ4n) is 5.55. The molecule has 0 saturated carbocycles. The normalized spacial score (nSPS) is 10.5. The number of halogens is 2. The number of hydrogen-bond acceptors (Lipinski definition) is 6. The summed E-state index contributed by atoms with van der Waals surface area (Å²) in [5.41, 5.74) is 8.10. The van der Waals surface area contributed by atoms with Gasteiger partial charge in [0, 0.05) is 24.2 Å². The second kappa shape index (κ2) is 17.0. The lowest BCUT2D eigenvalue weighted by Crippen LogP contribution is -2.18. The molecule has 4 aromatic rings. The number of carbonyl (C=O) groups is 1. The van der Waals surface area contributed by atoms with Crippen molar-refractivity contribution in [3.05, 3.63) is 94.6 Å². The molecule has 0 amide bonds. The van der Waals surface area contributed by atoms with Crippen molar-refractivity contribution < 1.29 is 37.7 Å². The van der Waals surface area contributed by atoms with Gasteiger partial charge in [0.2, 0.25) is 0 Å². The van der Waals surface area contributed by atoms with Crippen molar-refractivity contribution in [1.29, 1.82) is 0 Å². The summed E-state index contributed by atoms with van der Waals surface area (Å²) in [6.45, 7) is 6.49. The van der Waals surface area contributed by atoms with Crippen molar-refractivity contribution in [2.75, 3.05) is 20.8 Å². The molecule has 0 radical (unpaired) electrons. The second-order valence-corrected chi connectivity index (χ2v) is 10.7. The number of aliphatic carboxylic acids is 1. The van der Waals surface area contributed by atoms with E-state index in [0.29, 0.717) is 34.6 Å². The molecular weight excluding hydrogens is 592 g/mol. The van der Waals surface area contributed by atoms with Crippen LogP contribution in [0.5, 0.6) is 11.5 Å². The molecule has 0 saturated heterocycles. The Morgan fingerprint density at radius 2 is 1.26 bits per heavy atom. The number of hydrogen-bond donors (Lipinski definition) is 2. The van der Waals surface area contributed by atoms with Gasteiger partial charge in [-0.1, -0.05) is 49.7 Å². The van der Waals surface area contributed by atoms with Gasteiger partial charge >= 0.3 is 12.1 Å². The van der Waals surface area contributed by atoms with Gasteiger partial charge in [0.1, 0.15) is 23.1 Å². The molecule has 46 heavy (non-hydrogen) atoms. The van der Waals surface area contributed by atoms with Gasteiger partial charge in [-0.2, -0.15) is 9.59 Å². The highest BCUT2D eigenvalue weighted by atomic mass is 19.1. The van der Waals surface area contributed by atoms with Crippen LogP contribution < -0.4 is 14.8 Å². The molecule has 0 heterocycles. The maximum absolute atomic E-state index is 15.3. The summed E-state index contributed by atoms with van der Waals surface area (Å²) < 4.78 is 41.7. The van der Waals surface area contributed by atoms with Crippen LogP contribution in [0.2, 0.25) is 0 Å². The highest BCUT2D eigenvalue weighted by Gasteiger charge is 2.18. The summed E-state index contributed by atoms with van der Waals surface area (Å²) >= 11 is 0. The van der Waals surface area contributed by atoms with Crippen LogP contribution >= 0.6 is 0 Å². The van der Waals surface area contributed by atoms with E-state index < -0.39 is 11.8 Å². The minimum Gasteiger partial charge on any atom is -0.496 e. The SMILES string of the molecule is CCCCc1c(F)cc(-c2cccc(-c3cccc(-c4cc(F)c(CNCCC(=O)O)c(OC)c4)c3C)c2C)cc1OC.O=C=O. The zero-order valence-corrected chi connectivity index (χ0v) is 26.8. The number of nitrogens with one attached hydrogen (secondary N) is 1. The summed E-state index contributed by atoms with van der Waals surface area (Å²) in [4.78, 5) is 27.1. The first-order chi connectivity index (χ1) is 22.1. The van der Waals surface area contributed by atoms with E-state index in [1.807, 2.05) is 62.4 Å². The van der Waals surface area contributed by atoms with Crippen molar-refractivity contribution in [3.63, 3.8) is 0 Å². The van der Waals surface area contributed by atoms with Crippen LogP contribution in [0.4, 0.5) is 8.78 Å². The summed E-state index contributed by atoms with van der Waals surface area (Å²) in [6, 6.07) is 18.7. The molecule has 0 aliphatic heterocycles. The van der Waals surface area contributed by atoms with E-state index in [2.05, 4.69) is 12.2 Å². The largest absolute Gasteiger partial charge is 0.496 e. The van der Waals surface area contributed by atoms with E-state index in [1.165, 1.54) is 13.2 Å². The Morgan fingerprint density at radius 1 is 0.804 bits per heavy atom. The van der Waals surface area contributed by atoms with Crippen molar-refractivity contribution in [3.8, 4) is 44.9 Å². The third-order valence-corrected chi connectivity index (χ3v) is 7.93. The smallest absolute Gasteiger partial charge is 0.373 e. The lowest BCUT2D eigenvalue weighted by atomic mass is 9.87. The van der Waals surface area contributed by atoms with Gasteiger partial charge in [0.25, 0.3) is 0 Å². The van der Waals surface area contributed by atoms with Crippen LogP contribution in [0.15, 0.2) is 60.7 Å². The van der Waals surface area contributed by atoms with Gasteiger partial charge in [-0.15, -0.1) is 0 Å². The Hall–Kier alpha value is -4.85. The Kier molecular flexibility index (Phi) is 13.2. The molecule has 0 bridgehead atoms. The van der Waals surface area contributed by atoms with E-state index in [-0.39, 0.29) is 31.5 Å². The van der Waals surface area contributed by atoms with Gasteiger partial charge in [-0.25, -0.2) is 8.78 Å². The van der Waals surface area contributed by atoms with Crippen LogP contribution in [0.25, 0.3) is 33.4 Å². The zero-order valence-electron chi connectivity index (χ0n) is 26.8. The van der Waals surface area contributed by atoms with Crippen molar-refractivity contribution in [2.24, 2.45) is 0 Å². The molecule has 0 fully saturated rings. The van der Waals surface area contributed by atoms with Gasteiger partial charge in [-0.3, -0.25) is 4.79 Å². The Balaban J connectivity index is 0.00000185. The Bertz CT molecular complexity index is 1710. The van der Waals surface area contributed by atoms with Gasteiger partial charge < -0.3 is 19.9 Å². The van der Waals surface area contributed by atoms with E-state index in [0.717, 1.165) is 51.8 Å². The molecule has 242 valence electrons. The first-order valence-corrected chi connectivity index (χ1v) is 15.0. The fourth-order valence-corrected chi connectivity index (χ4v) is 5.55. The number of carboxylic acid groups (broad SMARTS) is 1. The highest BCUT2D eigenvalue weighted by molar-refractivity contribution is 5.84. The topological polar surface area (TPSA) is 102 Å². The van der Waals surface area contributed by atoms with Crippen molar-refractivity contribution in [1.82, 2.24) is 5.32 Å². The van der Waals surface area contributed by atoms with E-state index >= 15 is 8.78 Å². The molecule has 0 unspecified atom stereocenters. The van der Waals surface area contributed by atoms with Crippen molar-refractivity contribution >= 4 is 12.1 Å². The summed E-state index contributed by atoms with van der Waals surface area (Å²) in [7, 11) is 3.07. The van der Waals surface area contributed by atoms with E-state index in [9.17, 15) is 4.79 Å².